The molecule has 2 amide bonds. The average Bonchev–Trinajstić information content (AvgIpc) is 3.03. The maximum absolute atomic E-state index is 12.2. The molecule has 7 nitrogen and oxygen atoms in total. The van der Waals surface area contributed by atoms with Gasteiger partial charge in [0, 0.05) is 18.9 Å². The van der Waals surface area contributed by atoms with E-state index in [-0.39, 0.29) is 31.6 Å². The first kappa shape index (κ1) is 13.7. The molecule has 1 aromatic rings. The summed E-state index contributed by atoms with van der Waals surface area (Å²) >= 11 is 0. The van der Waals surface area contributed by atoms with Crippen LogP contribution in [0.1, 0.15) is 6.42 Å². The van der Waals surface area contributed by atoms with Crippen molar-refractivity contribution < 1.29 is 23.8 Å². The number of imide groups is 1. The van der Waals surface area contributed by atoms with Gasteiger partial charge in [-0.2, -0.15) is 0 Å². The van der Waals surface area contributed by atoms with Crippen LogP contribution in [0.4, 0.5) is 5.69 Å². The Morgan fingerprint density at radius 2 is 2.14 bits per heavy atom. The highest BCUT2D eigenvalue weighted by molar-refractivity contribution is 6.06. The second-order valence-electron chi connectivity index (χ2n) is 4.85. The van der Waals surface area contributed by atoms with Crippen LogP contribution in [0.3, 0.4) is 0 Å². The van der Waals surface area contributed by atoms with Crippen molar-refractivity contribution in [1.29, 1.82) is 0 Å². The number of methoxy groups -OCH3 is 1. The van der Waals surface area contributed by atoms with Gasteiger partial charge in [-0.15, -0.1) is 0 Å². The number of carbonyl (C=O) groups excluding carboxylic acids is 2. The first-order valence-corrected chi connectivity index (χ1v) is 6.68. The van der Waals surface area contributed by atoms with E-state index in [0.29, 0.717) is 18.1 Å². The van der Waals surface area contributed by atoms with Gasteiger partial charge in [-0.3, -0.25) is 14.5 Å². The maximum atomic E-state index is 12.2. The number of benzene rings is 1. The Bertz CT molecular complexity index is 574. The molecule has 0 bridgehead atoms. The van der Waals surface area contributed by atoms with Gasteiger partial charge >= 0.3 is 0 Å². The first-order chi connectivity index (χ1) is 10.2. The van der Waals surface area contributed by atoms with Crippen LogP contribution in [0.5, 0.6) is 11.5 Å². The summed E-state index contributed by atoms with van der Waals surface area (Å²) < 4.78 is 15.4. The highest BCUT2D eigenvalue weighted by atomic mass is 16.7. The van der Waals surface area contributed by atoms with Crippen LogP contribution >= 0.6 is 0 Å². The zero-order valence-corrected chi connectivity index (χ0v) is 11.6. The van der Waals surface area contributed by atoms with E-state index in [4.69, 9.17) is 14.2 Å². The average molecular weight is 292 g/mol. The van der Waals surface area contributed by atoms with Crippen molar-refractivity contribution >= 4 is 17.5 Å². The molecule has 1 aromatic carbocycles. The first-order valence-electron chi connectivity index (χ1n) is 6.68. The van der Waals surface area contributed by atoms with Crippen molar-refractivity contribution in [3.8, 4) is 11.5 Å². The van der Waals surface area contributed by atoms with Gasteiger partial charge in [-0.05, 0) is 12.1 Å². The molecule has 0 radical (unpaired) electrons. The number of rotatable bonds is 5. The van der Waals surface area contributed by atoms with Gasteiger partial charge in [-0.25, -0.2) is 0 Å². The number of nitrogens with one attached hydrogen (secondary N) is 1. The number of likely N-dealkylation sites (tertiary alicyclic amines) is 1. The molecule has 112 valence electrons. The Labute approximate surface area is 121 Å². The third kappa shape index (κ3) is 2.64. The summed E-state index contributed by atoms with van der Waals surface area (Å²) in [4.78, 5) is 25.3. The lowest BCUT2D eigenvalue weighted by Gasteiger charge is -2.15. The number of amides is 2. The zero-order chi connectivity index (χ0) is 14.8. The molecule has 0 saturated carbocycles. The van der Waals surface area contributed by atoms with Crippen LogP contribution in [0.15, 0.2) is 18.2 Å². The lowest BCUT2D eigenvalue weighted by atomic mass is 10.2. The van der Waals surface area contributed by atoms with E-state index in [1.165, 1.54) is 12.0 Å². The fourth-order valence-corrected chi connectivity index (χ4v) is 2.40. The summed E-state index contributed by atoms with van der Waals surface area (Å²) in [6.07, 6.45) is 0.150. The fraction of sp³-hybridized carbons (Fsp3) is 0.429. The molecule has 1 N–H and O–H groups in total. The fourth-order valence-electron chi connectivity index (χ4n) is 2.40. The molecule has 0 unspecified atom stereocenters. The molecule has 1 atom stereocenters. The number of fused-ring (bicyclic) bond motifs is 1. The van der Waals surface area contributed by atoms with E-state index < -0.39 is 6.04 Å². The lowest BCUT2D eigenvalue weighted by Crippen LogP contribution is -2.36. The summed E-state index contributed by atoms with van der Waals surface area (Å²) in [5, 5.41) is 3.07. The third-order valence-electron chi connectivity index (χ3n) is 3.48. The number of anilines is 1. The number of hydrogen-bond acceptors (Lipinski definition) is 6. The van der Waals surface area contributed by atoms with Crippen LogP contribution in [-0.2, 0) is 14.3 Å². The number of ether oxygens (including phenoxy) is 3. The molecule has 21 heavy (non-hydrogen) atoms. The van der Waals surface area contributed by atoms with Crippen molar-refractivity contribution in [2.45, 2.75) is 12.5 Å². The molecule has 0 spiro atoms. The Balaban J connectivity index is 1.68. The lowest BCUT2D eigenvalue weighted by molar-refractivity contribution is -0.139. The van der Waals surface area contributed by atoms with Gasteiger partial charge in [0.05, 0.1) is 19.6 Å². The van der Waals surface area contributed by atoms with Gasteiger partial charge in [0.2, 0.25) is 12.7 Å². The largest absolute Gasteiger partial charge is 0.454 e. The summed E-state index contributed by atoms with van der Waals surface area (Å²) in [5.41, 5.74) is 0.721. The highest BCUT2D eigenvalue weighted by Gasteiger charge is 2.38. The number of hydrogen-bond donors (Lipinski definition) is 1. The van der Waals surface area contributed by atoms with Gasteiger partial charge in [0.15, 0.2) is 11.5 Å². The standard InChI is InChI=1S/C14H16N2O5/c1-19-5-4-16-13(17)7-10(14(16)18)15-9-2-3-11-12(6-9)21-8-20-11/h2-3,6,10,15H,4-5,7-8H2,1H3/t10-/m1/s1. The molecular weight excluding hydrogens is 276 g/mol. The Morgan fingerprint density at radius 1 is 1.33 bits per heavy atom. The zero-order valence-electron chi connectivity index (χ0n) is 11.6. The highest BCUT2D eigenvalue weighted by Crippen LogP contribution is 2.34. The number of nitrogens with zero attached hydrogens (tertiary/aromatic N) is 1. The molecule has 3 rings (SSSR count). The quantitative estimate of drug-likeness (QED) is 0.801. The van der Waals surface area contributed by atoms with E-state index >= 15 is 0 Å². The second kappa shape index (κ2) is 5.61. The van der Waals surface area contributed by atoms with E-state index in [9.17, 15) is 9.59 Å². The van der Waals surface area contributed by atoms with E-state index in [1.54, 1.807) is 18.2 Å². The monoisotopic (exact) mass is 292 g/mol. The second-order valence-corrected chi connectivity index (χ2v) is 4.85. The Morgan fingerprint density at radius 3 is 2.95 bits per heavy atom. The van der Waals surface area contributed by atoms with Crippen LogP contribution in [0.2, 0.25) is 0 Å². The minimum absolute atomic E-state index is 0.150. The Hall–Kier alpha value is -2.28. The smallest absolute Gasteiger partial charge is 0.252 e. The van der Waals surface area contributed by atoms with Crippen molar-refractivity contribution in [3.05, 3.63) is 18.2 Å². The molecule has 1 saturated heterocycles. The van der Waals surface area contributed by atoms with Crippen molar-refractivity contribution in [1.82, 2.24) is 4.90 Å². The SMILES string of the molecule is COCCN1C(=O)C[C@@H](Nc2ccc3c(c2)OCO3)C1=O. The van der Waals surface area contributed by atoms with E-state index in [2.05, 4.69) is 5.32 Å². The molecule has 1 fully saturated rings. The summed E-state index contributed by atoms with van der Waals surface area (Å²) in [6, 6.07) is 4.78. The molecule has 7 heteroatoms. The minimum atomic E-state index is -0.547. The molecule has 2 aliphatic heterocycles. The van der Waals surface area contributed by atoms with Crippen LogP contribution in [-0.4, -0.2) is 49.8 Å². The normalized spacial score (nSPS) is 20.2. The maximum Gasteiger partial charge on any atom is 0.252 e. The Kier molecular flexibility index (Phi) is 3.66. The predicted octanol–water partition coefficient (Wildman–Crippen LogP) is 0.601. The predicted molar refractivity (Wildman–Crippen MR) is 73.2 cm³/mol. The summed E-state index contributed by atoms with van der Waals surface area (Å²) in [7, 11) is 1.54. The van der Waals surface area contributed by atoms with Crippen molar-refractivity contribution in [2.75, 3.05) is 32.4 Å². The van der Waals surface area contributed by atoms with Gasteiger partial charge < -0.3 is 19.5 Å². The summed E-state index contributed by atoms with van der Waals surface area (Å²) in [5.74, 6) is 0.897. The topological polar surface area (TPSA) is 77.1 Å². The molecule has 2 heterocycles. The minimum Gasteiger partial charge on any atom is -0.454 e. The molecule has 2 aliphatic rings. The molecule has 0 aromatic heterocycles. The van der Waals surface area contributed by atoms with Crippen LogP contribution in [0, 0.1) is 0 Å². The summed E-state index contributed by atoms with van der Waals surface area (Å²) in [6.45, 7) is 0.826. The molecular formula is C14H16N2O5. The van der Waals surface area contributed by atoms with Crippen molar-refractivity contribution in [2.24, 2.45) is 0 Å². The van der Waals surface area contributed by atoms with Crippen molar-refractivity contribution in [3.63, 3.8) is 0 Å². The van der Waals surface area contributed by atoms with Crippen LogP contribution < -0.4 is 14.8 Å². The van der Waals surface area contributed by atoms with E-state index in [0.717, 1.165) is 5.69 Å². The van der Waals surface area contributed by atoms with Crippen LogP contribution in [0.25, 0.3) is 0 Å². The third-order valence-corrected chi connectivity index (χ3v) is 3.48. The van der Waals surface area contributed by atoms with E-state index in [1.807, 2.05) is 0 Å². The number of carbonyl (C=O) groups is 2. The van der Waals surface area contributed by atoms with Gasteiger partial charge in [0.1, 0.15) is 6.04 Å². The molecule has 0 aliphatic carbocycles. The van der Waals surface area contributed by atoms with Gasteiger partial charge in [-0.1, -0.05) is 0 Å². The van der Waals surface area contributed by atoms with Gasteiger partial charge in [0.25, 0.3) is 5.91 Å².